The zero-order chi connectivity index (χ0) is 14.7. The van der Waals surface area contributed by atoms with Gasteiger partial charge in [0.25, 0.3) is 0 Å². The number of nitrogens with zero attached hydrogens (tertiary/aromatic N) is 3. The molecule has 2 atom stereocenters. The molecular weight excluding hydrogens is 274 g/mol. The molecule has 3 heterocycles. The van der Waals surface area contributed by atoms with Gasteiger partial charge in [-0.2, -0.15) is 4.98 Å². The first-order valence-corrected chi connectivity index (χ1v) is 8.06. The molecule has 2 fully saturated rings. The number of hydrogen-bond donors (Lipinski definition) is 2. The lowest BCUT2D eigenvalue weighted by Gasteiger charge is -2.57. The normalized spacial score (nSPS) is 25.2. The maximum atomic E-state index is 6.04. The Morgan fingerprint density at radius 3 is 2.86 bits per heavy atom. The van der Waals surface area contributed by atoms with Gasteiger partial charge in [-0.3, -0.25) is 0 Å². The Kier molecular flexibility index (Phi) is 2.50. The molecular formula is C17H19N5. The summed E-state index contributed by atoms with van der Waals surface area (Å²) in [6.07, 6.45) is 3.27. The number of aryl methyl sites for hydroxylation is 1. The second-order valence-corrected chi connectivity index (χ2v) is 6.48. The highest BCUT2D eigenvalue weighted by Crippen LogP contribution is 2.39. The molecule has 22 heavy (non-hydrogen) atoms. The highest BCUT2D eigenvalue weighted by molar-refractivity contribution is 5.74. The van der Waals surface area contributed by atoms with Gasteiger partial charge in [0.1, 0.15) is 5.82 Å². The van der Waals surface area contributed by atoms with Crippen LogP contribution in [0.15, 0.2) is 24.3 Å². The minimum atomic E-state index is 0.390. The number of piperazine rings is 1. The quantitative estimate of drug-likeness (QED) is 0.831. The molecule has 2 saturated heterocycles. The summed E-state index contributed by atoms with van der Waals surface area (Å²) in [5, 5.41) is 3.45. The van der Waals surface area contributed by atoms with Gasteiger partial charge in [-0.25, -0.2) is 4.98 Å². The minimum absolute atomic E-state index is 0.390. The molecule has 1 aromatic heterocycles. The van der Waals surface area contributed by atoms with Crippen LogP contribution in [0.3, 0.4) is 0 Å². The first-order chi connectivity index (χ1) is 10.8. The van der Waals surface area contributed by atoms with Crippen LogP contribution in [-0.2, 0) is 12.8 Å². The summed E-state index contributed by atoms with van der Waals surface area (Å²) in [5.41, 5.74) is 11.0. The van der Waals surface area contributed by atoms with Crippen LogP contribution in [0, 0.1) is 0 Å². The molecule has 5 heteroatoms. The Hall–Kier alpha value is -2.14. The van der Waals surface area contributed by atoms with Crippen LogP contribution in [0.5, 0.6) is 0 Å². The van der Waals surface area contributed by atoms with Crippen LogP contribution < -0.4 is 16.0 Å². The van der Waals surface area contributed by atoms with Gasteiger partial charge in [0, 0.05) is 30.3 Å². The number of benzene rings is 1. The molecule has 3 N–H and O–H groups in total. The summed E-state index contributed by atoms with van der Waals surface area (Å²) in [6.45, 7) is 2.09. The van der Waals surface area contributed by atoms with E-state index in [9.17, 15) is 0 Å². The largest absolute Gasteiger partial charge is 0.368 e. The number of rotatable bonds is 1. The lowest BCUT2D eigenvalue weighted by atomic mass is 9.88. The number of nitrogen functional groups attached to an aromatic ring is 1. The predicted octanol–water partition coefficient (Wildman–Crippen LogP) is 1.37. The predicted molar refractivity (Wildman–Crippen MR) is 86.8 cm³/mol. The van der Waals surface area contributed by atoms with Crippen molar-refractivity contribution < 1.29 is 0 Å². The zero-order valence-electron chi connectivity index (χ0n) is 12.4. The summed E-state index contributed by atoms with van der Waals surface area (Å²) >= 11 is 0. The molecule has 0 spiro atoms. The van der Waals surface area contributed by atoms with Crippen molar-refractivity contribution in [2.45, 2.75) is 31.3 Å². The van der Waals surface area contributed by atoms with Gasteiger partial charge in [0.2, 0.25) is 5.95 Å². The summed E-state index contributed by atoms with van der Waals surface area (Å²) in [5.74, 6) is 1.46. The van der Waals surface area contributed by atoms with Crippen molar-refractivity contribution in [2.24, 2.45) is 0 Å². The van der Waals surface area contributed by atoms with Crippen LogP contribution in [-0.4, -0.2) is 35.1 Å². The van der Waals surface area contributed by atoms with Gasteiger partial charge in [-0.05, 0) is 24.8 Å². The van der Waals surface area contributed by atoms with Crippen LogP contribution in [0.4, 0.5) is 11.8 Å². The third-order valence-electron chi connectivity index (χ3n) is 5.27. The van der Waals surface area contributed by atoms with Crippen LogP contribution >= 0.6 is 0 Å². The number of anilines is 2. The van der Waals surface area contributed by atoms with Gasteiger partial charge < -0.3 is 16.0 Å². The van der Waals surface area contributed by atoms with Crippen molar-refractivity contribution in [1.82, 2.24) is 15.3 Å². The van der Waals surface area contributed by atoms with Crippen molar-refractivity contribution in [1.29, 1.82) is 0 Å². The van der Waals surface area contributed by atoms with Crippen molar-refractivity contribution in [3.8, 4) is 11.3 Å². The first kappa shape index (κ1) is 12.4. The Balaban J connectivity index is 1.68. The molecule has 0 saturated carbocycles. The van der Waals surface area contributed by atoms with Gasteiger partial charge in [0.15, 0.2) is 0 Å². The fourth-order valence-corrected chi connectivity index (χ4v) is 3.96. The smallest absolute Gasteiger partial charge is 0.222 e. The molecule has 0 radical (unpaired) electrons. The Morgan fingerprint density at radius 1 is 1.18 bits per heavy atom. The number of nitrogens with two attached hydrogens (primary N) is 1. The molecule has 1 aromatic carbocycles. The van der Waals surface area contributed by atoms with Crippen molar-refractivity contribution in [2.75, 3.05) is 23.7 Å². The standard InChI is InChI=1S/C17H19N5/c18-17-20-15-11-6-2-1-4-10(11)5-3-7-12(15)16(21-17)22-9-13-14(22)8-19-13/h1-2,4,6,13-14,19H,3,5,7-9H2,(H2,18,20,21). The highest BCUT2D eigenvalue weighted by Gasteiger charge is 2.47. The third-order valence-corrected chi connectivity index (χ3v) is 5.27. The molecule has 2 aliphatic heterocycles. The van der Waals surface area contributed by atoms with E-state index in [4.69, 9.17) is 5.73 Å². The van der Waals surface area contributed by atoms with E-state index < -0.39 is 0 Å². The average Bonchev–Trinajstić information content (AvgIpc) is 2.69. The van der Waals surface area contributed by atoms with Gasteiger partial charge >= 0.3 is 0 Å². The Bertz CT molecular complexity index is 757. The van der Waals surface area contributed by atoms with E-state index in [1.165, 1.54) is 16.7 Å². The van der Waals surface area contributed by atoms with Crippen LogP contribution in [0.2, 0.25) is 0 Å². The summed E-state index contributed by atoms with van der Waals surface area (Å²) in [6, 6.07) is 9.80. The molecule has 3 aliphatic rings. The first-order valence-electron chi connectivity index (χ1n) is 8.06. The lowest BCUT2D eigenvalue weighted by molar-refractivity contribution is 0.211. The number of nitrogens with one attached hydrogen (secondary N) is 1. The van der Waals surface area contributed by atoms with Gasteiger partial charge in [-0.15, -0.1) is 0 Å². The summed E-state index contributed by atoms with van der Waals surface area (Å²) in [7, 11) is 0. The lowest BCUT2D eigenvalue weighted by Crippen LogP contribution is -2.78. The SMILES string of the molecule is Nc1nc2c(c(N3CC4NCC43)n1)CCCc1ccccc1-2. The third kappa shape index (κ3) is 1.63. The Labute approximate surface area is 129 Å². The Morgan fingerprint density at radius 2 is 2.09 bits per heavy atom. The minimum Gasteiger partial charge on any atom is -0.368 e. The van der Waals surface area contributed by atoms with Crippen molar-refractivity contribution in [3.05, 3.63) is 35.4 Å². The number of hydrogen-bond acceptors (Lipinski definition) is 5. The van der Waals surface area contributed by atoms with Gasteiger partial charge in [-0.1, -0.05) is 24.3 Å². The summed E-state index contributed by atoms with van der Waals surface area (Å²) in [4.78, 5) is 11.6. The van der Waals surface area contributed by atoms with E-state index in [-0.39, 0.29) is 0 Å². The molecule has 1 aliphatic carbocycles. The second-order valence-electron chi connectivity index (χ2n) is 6.48. The molecule has 5 nitrogen and oxygen atoms in total. The monoisotopic (exact) mass is 293 g/mol. The van der Waals surface area contributed by atoms with E-state index in [0.29, 0.717) is 18.0 Å². The highest BCUT2D eigenvalue weighted by atomic mass is 15.4. The maximum absolute atomic E-state index is 6.04. The van der Waals surface area contributed by atoms with Crippen molar-refractivity contribution in [3.63, 3.8) is 0 Å². The molecule has 2 unspecified atom stereocenters. The van der Waals surface area contributed by atoms with Crippen molar-refractivity contribution >= 4 is 11.8 Å². The molecule has 0 bridgehead atoms. The number of aromatic nitrogens is 2. The van der Waals surface area contributed by atoms with Crippen LogP contribution in [0.1, 0.15) is 17.5 Å². The van der Waals surface area contributed by atoms with Gasteiger partial charge in [0.05, 0.1) is 11.7 Å². The van der Waals surface area contributed by atoms with Crippen LogP contribution in [0.25, 0.3) is 11.3 Å². The fraction of sp³-hybridized carbons (Fsp3) is 0.412. The number of fused-ring (bicyclic) bond motifs is 4. The average molecular weight is 293 g/mol. The zero-order valence-corrected chi connectivity index (χ0v) is 12.4. The molecule has 0 amide bonds. The maximum Gasteiger partial charge on any atom is 0.222 e. The summed E-state index contributed by atoms with van der Waals surface area (Å²) < 4.78 is 0. The van der Waals surface area contributed by atoms with E-state index in [2.05, 4.69) is 44.5 Å². The van der Waals surface area contributed by atoms with E-state index in [0.717, 1.165) is 43.9 Å². The molecule has 5 rings (SSSR count). The van der Waals surface area contributed by atoms with E-state index in [1.54, 1.807) is 0 Å². The fourth-order valence-electron chi connectivity index (χ4n) is 3.96. The van der Waals surface area contributed by atoms with E-state index in [1.807, 2.05) is 0 Å². The second kappa shape index (κ2) is 4.43. The topological polar surface area (TPSA) is 67.1 Å². The molecule has 112 valence electrons. The molecule has 2 aromatic rings. The van der Waals surface area contributed by atoms with E-state index >= 15 is 0 Å².